The summed E-state index contributed by atoms with van der Waals surface area (Å²) in [6, 6.07) is 9.07. The first-order valence-corrected chi connectivity index (χ1v) is 10.4. The van der Waals surface area contributed by atoms with E-state index in [9.17, 15) is 9.59 Å². The van der Waals surface area contributed by atoms with E-state index in [1.807, 2.05) is 19.1 Å². The number of ether oxygens (including phenoxy) is 1. The topological polar surface area (TPSA) is 94.3 Å². The molecule has 2 aromatic heterocycles. The number of aryl methyl sites for hydroxylation is 2. The van der Waals surface area contributed by atoms with Crippen LogP contribution >= 0.6 is 23.1 Å². The van der Waals surface area contributed by atoms with Crippen molar-refractivity contribution in [2.24, 2.45) is 0 Å². The molecule has 3 aromatic rings. The molecule has 0 saturated heterocycles. The lowest BCUT2D eigenvalue weighted by Gasteiger charge is -2.08. The van der Waals surface area contributed by atoms with E-state index in [-0.39, 0.29) is 11.9 Å². The zero-order valence-electron chi connectivity index (χ0n) is 15.6. The molecule has 0 bridgehead atoms. The van der Waals surface area contributed by atoms with Gasteiger partial charge in [0.25, 0.3) is 5.91 Å². The van der Waals surface area contributed by atoms with Crippen LogP contribution in [0.5, 0.6) is 0 Å². The zero-order valence-corrected chi connectivity index (χ0v) is 17.3. The van der Waals surface area contributed by atoms with Crippen LogP contribution in [0.25, 0.3) is 0 Å². The van der Waals surface area contributed by atoms with Gasteiger partial charge < -0.3 is 14.6 Å². The molecule has 1 aromatic carbocycles. The first-order valence-electron chi connectivity index (χ1n) is 8.57. The van der Waals surface area contributed by atoms with Gasteiger partial charge in [-0.25, -0.2) is 4.79 Å². The van der Waals surface area contributed by atoms with Crippen molar-refractivity contribution in [3.05, 3.63) is 58.1 Å². The number of aromatic nitrogens is 2. The average Bonchev–Trinajstić information content (AvgIpc) is 3.25. The highest BCUT2D eigenvalue weighted by Gasteiger charge is 2.18. The lowest BCUT2D eigenvalue weighted by atomic mass is 10.2. The maximum atomic E-state index is 12.8. The van der Waals surface area contributed by atoms with Crippen LogP contribution in [-0.2, 0) is 10.5 Å². The Labute approximate surface area is 170 Å². The molecule has 0 radical (unpaired) electrons. The Hall–Kier alpha value is -2.65. The molecule has 0 atom stereocenters. The summed E-state index contributed by atoms with van der Waals surface area (Å²) in [7, 11) is 0. The quantitative estimate of drug-likeness (QED) is 0.448. The highest BCUT2D eigenvalue weighted by Crippen LogP contribution is 2.30. The highest BCUT2D eigenvalue weighted by molar-refractivity contribution is 7.98. The molecule has 3 rings (SSSR count). The normalized spacial score (nSPS) is 10.7. The molecule has 0 unspecified atom stereocenters. The van der Waals surface area contributed by atoms with Gasteiger partial charge in [-0.2, -0.15) is 4.98 Å². The van der Waals surface area contributed by atoms with Crippen molar-refractivity contribution in [3.63, 3.8) is 0 Å². The Bertz CT molecular complexity index is 997. The van der Waals surface area contributed by atoms with Crippen LogP contribution in [-0.4, -0.2) is 28.6 Å². The van der Waals surface area contributed by atoms with E-state index in [0.29, 0.717) is 39.5 Å². The lowest BCUT2D eigenvalue weighted by molar-refractivity contribution is 0.0531. The van der Waals surface area contributed by atoms with Crippen LogP contribution < -0.4 is 5.32 Å². The van der Waals surface area contributed by atoms with Crippen LogP contribution in [0.4, 0.5) is 5.00 Å². The number of anilines is 1. The molecule has 0 aliphatic heterocycles. The van der Waals surface area contributed by atoms with E-state index < -0.39 is 0 Å². The van der Waals surface area contributed by atoms with Gasteiger partial charge in [0.15, 0.2) is 5.82 Å². The van der Waals surface area contributed by atoms with Crippen molar-refractivity contribution in [1.82, 2.24) is 10.1 Å². The van der Waals surface area contributed by atoms with Crippen LogP contribution in [0.15, 0.2) is 39.8 Å². The molecule has 146 valence electrons. The molecule has 0 aliphatic carbocycles. The van der Waals surface area contributed by atoms with Crippen LogP contribution in [0, 0.1) is 13.8 Å². The number of hydrogen-bond acceptors (Lipinski definition) is 8. The minimum Gasteiger partial charge on any atom is -0.462 e. The van der Waals surface area contributed by atoms with Gasteiger partial charge in [-0.05, 0) is 37.6 Å². The number of amides is 1. The second-order valence-electron chi connectivity index (χ2n) is 5.81. The summed E-state index contributed by atoms with van der Waals surface area (Å²) < 4.78 is 10.0. The van der Waals surface area contributed by atoms with Gasteiger partial charge in [0, 0.05) is 11.8 Å². The fourth-order valence-electron chi connectivity index (χ4n) is 2.44. The number of esters is 1. The summed E-state index contributed by atoms with van der Waals surface area (Å²) in [6.07, 6.45) is 0. The largest absolute Gasteiger partial charge is 0.462 e. The van der Waals surface area contributed by atoms with Crippen LogP contribution in [0.2, 0.25) is 0 Å². The Kier molecular flexibility index (Phi) is 6.48. The van der Waals surface area contributed by atoms with Gasteiger partial charge in [0.1, 0.15) is 4.88 Å². The Morgan fingerprint density at radius 1 is 1.29 bits per heavy atom. The summed E-state index contributed by atoms with van der Waals surface area (Å²) >= 11 is 2.66. The van der Waals surface area contributed by atoms with E-state index in [1.54, 1.807) is 32.0 Å². The molecule has 7 nitrogen and oxygen atoms in total. The number of benzene rings is 1. The first-order chi connectivity index (χ1) is 13.5. The predicted molar refractivity (Wildman–Crippen MR) is 108 cm³/mol. The minimum absolute atomic E-state index is 0.246. The maximum absolute atomic E-state index is 12.8. The third kappa shape index (κ3) is 4.79. The number of nitrogens with zero attached hydrogens (tertiary/aromatic N) is 2. The predicted octanol–water partition coefficient (Wildman–Crippen LogP) is 4.47. The minimum atomic E-state index is -0.378. The van der Waals surface area contributed by atoms with Crippen molar-refractivity contribution in [2.75, 3.05) is 11.9 Å². The van der Waals surface area contributed by atoms with Crippen molar-refractivity contribution in [2.45, 2.75) is 31.4 Å². The standard InChI is InChI=1S/C19H19N3O4S2/c1-4-25-19(24)17-11(2)9-16(28-17)21-18(23)13-7-5-6-8-14(13)27-10-15-20-12(3)26-22-15/h5-9H,4,10H2,1-3H3,(H,21,23). The summed E-state index contributed by atoms with van der Waals surface area (Å²) in [5.74, 6) is 0.950. The molecule has 28 heavy (non-hydrogen) atoms. The molecular weight excluding hydrogens is 398 g/mol. The Morgan fingerprint density at radius 3 is 2.79 bits per heavy atom. The summed E-state index contributed by atoms with van der Waals surface area (Å²) in [4.78, 5) is 30.2. The van der Waals surface area contributed by atoms with E-state index in [4.69, 9.17) is 9.26 Å². The molecule has 2 heterocycles. The van der Waals surface area contributed by atoms with Crippen LogP contribution in [0.3, 0.4) is 0 Å². The average molecular weight is 418 g/mol. The highest BCUT2D eigenvalue weighted by atomic mass is 32.2. The molecule has 0 aliphatic rings. The summed E-state index contributed by atoms with van der Waals surface area (Å²) in [6.45, 7) is 5.61. The molecule has 1 amide bonds. The van der Waals surface area contributed by atoms with Gasteiger partial charge in [-0.15, -0.1) is 23.1 Å². The van der Waals surface area contributed by atoms with Gasteiger partial charge in [-0.3, -0.25) is 4.79 Å². The van der Waals surface area contributed by atoms with Gasteiger partial charge in [0.2, 0.25) is 5.89 Å². The van der Waals surface area contributed by atoms with E-state index in [1.165, 1.54) is 23.1 Å². The molecule has 1 N–H and O–H groups in total. The second-order valence-corrected chi connectivity index (χ2v) is 7.88. The van der Waals surface area contributed by atoms with Crippen molar-refractivity contribution < 1.29 is 18.8 Å². The van der Waals surface area contributed by atoms with Crippen molar-refractivity contribution in [1.29, 1.82) is 0 Å². The second kappa shape index (κ2) is 9.03. The summed E-state index contributed by atoms with van der Waals surface area (Å²) in [5, 5.41) is 7.33. The van der Waals surface area contributed by atoms with Gasteiger partial charge in [-0.1, -0.05) is 17.3 Å². The molecular formula is C19H19N3O4S2. The number of carbonyl (C=O) groups is 2. The molecule has 0 spiro atoms. The third-order valence-corrected chi connectivity index (χ3v) is 5.88. The molecule has 0 saturated carbocycles. The SMILES string of the molecule is CCOC(=O)c1sc(NC(=O)c2ccccc2SCc2noc(C)n2)cc1C. The van der Waals surface area contributed by atoms with Crippen molar-refractivity contribution in [3.8, 4) is 0 Å². The number of thiophene rings is 1. The fraction of sp³-hybridized carbons (Fsp3) is 0.263. The van der Waals surface area contributed by atoms with E-state index in [0.717, 1.165) is 10.5 Å². The maximum Gasteiger partial charge on any atom is 0.348 e. The van der Waals surface area contributed by atoms with Crippen molar-refractivity contribution >= 4 is 40.0 Å². The van der Waals surface area contributed by atoms with Crippen LogP contribution in [0.1, 0.15) is 44.2 Å². The number of hydrogen-bond donors (Lipinski definition) is 1. The van der Waals surface area contributed by atoms with Gasteiger partial charge in [0.05, 0.1) is 22.9 Å². The monoisotopic (exact) mass is 417 g/mol. The zero-order chi connectivity index (χ0) is 20.1. The number of rotatable bonds is 7. The number of thioether (sulfide) groups is 1. The molecule has 9 heteroatoms. The Morgan fingerprint density at radius 2 is 2.07 bits per heavy atom. The smallest absolute Gasteiger partial charge is 0.348 e. The lowest BCUT2D eigenvalue weighted by Crippen LogP contribution is -2.12. The van der Waals surface area contributed by atoms with E-state index in [2.05, 4.69) is 15.5 Å². The summed E-state index contributed by atoms with van der Waals surface area (Å²) in [5.41, 5.74) is 1.31. The number of carbonyl (C=O) groups excluding carboxylic acids is 2. The van der Waals surface area contributed by atoms with E-state index >= 15 is 0 Å². The third-order valence-electron chi connectivity index (χ3n) is 3.67. The first kappa shape index (κ1) is 20.1. The Balaban J connectivity index is 1.72. The van der Waals surface area contributed by atoms with Gasteiger partial charge >= 0.3 is 5.97 Å². The number of nitrogens with one attached hydrogen (secondary N) is 1. The fourth-order valence-corrected chi connectivity index (χ4v) is 4.30. The molecule has 0 fully saturated rings.